The van der Waals surface area contributed by atoms with Crippen molar-refractivity contribution in [2.75, 3.05) is 13.2 Å². The number of hydrogen-bond donors (Lipinski definition) is 0. The van der Waals surface area contributed by atoms with Gasteiger partial charge in [-0.15, -0.1) is 0 Å². The molecule has 19 heavy (non-hydrogen) atoms. The first kappa shape index (κ1) is 16.0. The van der Waals surface area contributed by atoms with Crippen molar-refractivity contribution in [1.82, 2.24) is 0 Å². The lowest BCUT2D eigenvalue weighted by molar-refractivity contribution is -0.162. The molecule has 4 nitrogen and oxygen atoms in total. The number of rotatable bonds is 8. The van der Waals surface area contributed by atoms with Crippen molar-refractivity contribution in [2.24, 2.45) is 11.8 Å². The maximum atomic E-state index is 11.8. The molecule has 0 N–H and O–H groups in total. The molecule has 0 saturated heterocycles. The van der Waals surface area contributed by atoms with Crippen molar-refractivity contribution in [3.05, 3.63) is 0 Å². The van der Waals surface area contributed by atoms with E-state index in [4.69, 9.17) is 9.47 Å². The summed E-state index contributed by atoms with van der Waals surface area (Å²) in [6, 6.07) is 0. The molecule has 0 heterocycles. The Balaban J connectivity index is 2.38. The molecular formula is C15H26O4. The van der Waals surface area contributed by atoms with Crippen LogP contribution < -0.4 is 0 Å². The van der Waals surface area contributed by atoms with Gasteiger partial charge in [0.2, 0.25) is 0 Å². The Kier molecular flexibility index (Phi) is 7.53. The number of hydrogen-bond acceptors (Lipinski definition) is 4. The Morgan fingerprint density at radius 3 is 2.05 bits per heavy atom. The number of carbonyl (C=O) groups is 2. The van der Waals surface area contributed by atoms with Crippen molar-refractivity contribution in [2.45, 2.75) is 58.8 Å². The van der Waals surface area contributed by atoms with Crippen LogP contribution >= 0.6 is 0 Å². The van der Waals surface area contributed by atoms with Gasteiger partial charge in [0, 0.05) is 0 Å². The molecule has 0 atom stereocenters. The minimum Gasteiger partial charge on any atom is -0.465 e. The smallest absolute Gasteiger partial charge is 0.320 e. The SMILES string of the molecule is CCOC(=O)C(CCCC1CCCC1)C(=O)OCC. The van der Waals surface area contributed by atoms with Gasteiger partial charge in [0.1, 0.15) is 0 Å². The van der Waals surface area contributed by atoms with Crippen LogP contribution in [0.2, 0.25) is 0 Å². The van der Waals surface area contributed by atoms with Crippen LogP contribution in [-0.2, 0) is 19.1 Å². The summed E-state index contributed by atoms with van der Waals surface area (Å²) in [7, 11) is 0. The third kappa shape index (κ3) is 5.62. The second kappa shape index (κ2) is 8.94. The van der Waals surface area contributed by atoms with Gasteiger partial charge in [-0.05, 0) is 26.2 Å². The molecule has 1 saturated carbocycles. The molecule has 0 amide bonds. The van der Waals surface area contributed by atoms with E-state index >= 15 is 0 Å². The van der Waals surface area contributed by atoms with E-state index in [0.717, 1.165) is 18.8 Å². The fraction of sp³-hybridized carbons (Fsp3) is 0.867. The molecule has 0 radical (unpaired) electrons. The second-order valence-corrected chi connectivity index (χ2v) is 5.14. The lowest BCUT2D eigenvalue weighted by Gasteiger charge is -2.15. The van der Waals surface area contributed by atoms with Crippen LogP contribution in [0.1, 0.15) is 58.8 Å². The zero-order valence-corrected chi connectivity index (χ0v) is 12.2. The fourth-order valence-corrected chi connectivity index (χ4v) is 2.73. The molecule has 0 aromatic heterocycles. The summed E-state index contributed by atoms with van der Waals surface area (Å²) >= 11 is 0. The van der Waals surface area contributed by atoms with E-state index in [0.29, 0.717) is 19.6 Å². The molecule has 1 aliphatic carbocycles. The van der Waals surface area contributed by atoms with Crippen molar-refractivity contribution in [3.63, 3.8) is 0 Å². The largest absolute Gasteiger partial charge is 0.465 e. The van der Waals surface area contributed by atoms with Crippen LogP contribution in [-0.4, -0.2) is 25.2 Å². The first-order chi connectivity index (χ1) is 9.19. The zero-order valence-electron chi connectivity index (χ0n) is 12.2. The monoisotopic (exact) mass is 270 g/mol. The minimum absolute atomic E-state index is 0.303. The average Bonchev–Trinajstić information content (AvgIpc) is 2.88. The summed E-state index contributed by atoms with van der Waals surface area (Å²) < 4.78 is 9.91. The molecule has 1 fully saturated rings. The van der Waals surface area contributed by atoms with Gasteiger partial charge in [-0.2, -0.15) is 0 Å². The van der Waals surface area contributed by atoms with Crippen LogP contribution in [0.15, 0.2) is 0 Å². The molecule has 0 unspecified atom stereocenters. The fourth-order valence-electron chi connectivity index (χ4n) is 2.73. The molecule has 4 heteroatoms. The minimum atomic E-state index is -0.735. The summed E-state index contributed by atoms with van der Waals surface area (Å²) in [6.07, 6.45) is 7.79. The molecule has 1 rings (SSSR count). The van der Waals surface area contributed by atoms with E-state index < -0.39 is 17.9 Å². The highest BCUT2D eigenvalue weighted by atomic mass is 16.6. The third-order valence-corrected chi connectivity index (χ3v) is 3.72. The third-order valence-electron chi connectivity index (χ3n) is 3.72. The highest BCUT2D eigenvalue weighted by Crippen LogP contribution is 2.29. The van der Waals surface area contributed by atoms with Gasteiger partial charge in [0.15, 0.2) is 5.92 Å². The Morgan fingerprint density at radius 2 is 1.58 bits per heavy atom. The summed E-state index contributed by atoms with van der Waals surface area (Å²) in [5.74, 6) is -0.828. The molecule has 0 aromatic rings. The van der Waals surface area contributed by atoms with Gasteiger partial charge in [-0.3, -0.25) is 9.59 Å². The van der Waals surface area contributed by atoms with Crippen molar-refractivity contribution in [3.8, 4) is 0 Å². The first-order valence-corrected chi connectivity index (χ1v) is 7.52. The summed E-state index contributed by atoms with van der Waals surface area (Å²) in [5.41, 5.74) is 0. The Hall–Kier alpha value is -1.06. The highest BCUT2D eigenvalue weighted by molar-refractivity contribution is 5.94. The highest BCUT2D eigenvalue weighted by Gasteiger charge is 2.29. The van der Waals surface area contributed by atoms with E-state index in [1.807, 2.05) is 0 Å². The van der Waals surface area contributed by atoms with Crippen LogP contribution in [0, 0.1) is 11.8 Å². The Morgan fingerprint density at radius 1 is 1.05 bits per heavy atom. The molecule has 110 valence electrons. The van der Waals surface area contributed by atoms with E-state index in [9.17, 15) is 9.59 Å². The predicted molar refractivity (Wildman–Crippen MR) is 72.6 cm³/mol. The summed E-state index contributed by atoms with van der Waals surface area (Å²) in [5, 5.41) is 0. The average molecular weight is 270 g/mol. The van der Waals surface area contributed by atoms with Crippen LogP contribution in [0.25, 0.3) is 0 Å². The molecule has 0 aromatic carbocycles. The van der Waals surface area contributed by atoms with Gasteiger partial charge in [0.25, 0.3) is 0 Å². The van der Waals surface area contributed by atoms with Gasteiger partial charge in [-0.1, -0.05) is 38.5 Å². The lowest BCUT2D eigenvalue weighted by Crippen LogP contribution is -2.28. The van der Waals surface area contributed by atoms with Crippen molar-refractivity contribution in [1.29, 1.82) is 0 Å². The van der Waals surface area contributed by atoms with E-state index in [-0.39, 0.29) is 0 Å². The van der Waals surface area contributed by atoms with Gasteiger partial charge >= 0.3 is 11.9 Å². The number of esters is 2. The Bertz CT molecular complexity index is 264. The zero-order chi connectivity index (χ0) is 14.1. The first-order valence-electron chi connectivity index (χ1n) is 7.52. The van der Waals surface area contributed by atoms with Crippen molar-refractivity contribution < 1.29 is 19.1 Å². The van der Waals surface area contributed by atoms with E-state index in [1.165, 1.54) is 25.7 Å². The number of ether oxygens (including phenoxy) is 2. The topological polar surface area (TPSA) is 52.6 Å². The Labute approximate surface area is 115 Å². The molecule has 0 aliphatic heterocycles. The lowest BCUT2D eigenvalue weighted by atomic mass is 9.95. The quantitative estimate of drug-likeness (QED) is 0.502. The molecule has 0 spiro atoms. The van der Waals surface area contributed by atoms with Crippen LogP contribution in [0.4, 0.5) is 0 Å². The number of carbonyl (C=O) groups excluding carboxylic acids is 2. The van der Waals surface area contributed by atoms with Crippen LogP contribution in [0.5, 0.6) is 0 Å². The van der Waals surface area contributed by atoms with E-state index in [2.05, 4.69) is 0 Å². The van der Waals surface area contributed by atoms with Gasteiger partial charge in [0.05, 0.1) is 13.2 Å². The molecular weight excluding hydrogens is 244 g/mol. The molecule has 1 aliphatic rings. The molecule has 0 bridgehead atoms. The second-order valence-electron chi connectivity index (χ2n) is 5.14. The summed E-state index contributed by atoms with van der Waals surface area (Å²) in [6.45, 7) is 4.10. The van der Waals surface area contributed by atoms with Crippen molar-refractivity contribution >= 4 is 11.9 Å². The maximum Gasteiger partial charge on any atom is 0.320 e. The summed E-state index contributed by atoms with van der Waals surface area (Å²) in [4.78, 5) is 23.5. The predicted octanol–water partition coefficient (Wildman–Crippen LogP) is 3.09. The van der Waals surface area contributed by atoms with Gasteiger partial charge < -0.3 is 9.47 Å². The van der Waals surface area contributed by atoms with Gasteiger partial charge in [-0.25, -0.2) is 0 Å². The normalized spacial score (nSPS) is 15.7. The van der Waals surface area contributed by atoms with Crippen LogP contribution in [0.3, 0.4) is 0 Å². The maximum absolute atomic E-state index is 11.8. The van der Waals surface area contributed by atoms with E-state index in [1.54, 1.807) is 13.8 Å². The standard InChI is InChI=1S/C15H26O4/c1-3-18-14(16)13(15(17)19-4-2)11-7-10-12-8-5-6-9-12/h12-13H,3-11H2,1-2H3.